The summed E-state index contributed by atoms with van der Waals surface area (Å²) in [6.07, 6.45) is 0.948. The van der Waals surface area contributed by atoms with Crippen molar-refractivity contribution >= 4 is 38.6 Å². The third-order valence-corrected chi connectivity index (χ3v) is 7.00. The van der Waals surface area contributed by atoms with Crippen molar-refractivity contribution in [1.29, 1.82) is 0 Å². The minimum atomic E-state index is -3.60. The monoisotopic (exact) mass is 429 g/mol. The minimum absolute atomic E-state index is 0.244. The van der Waals surface area contributed by atoms with E-state index < -0.39 is 10.0 Å². The summed E-state index contributed by atoms with van der Waals surface area (Å²) in [5.74, 6) is -0.251. The van der Waals surface area contributed by atoms with Crippen molar-refractivity contribution in [2.24, 2.45) is 0 Å². The summed E-state index contributed by atoms with van der Waals surface area (Å²) in [5, 5.41) is 4.56. The number of likely N-dealkylation sites (N-methyl/N-ethyl adjacent to an activating group) is 1. The van der Waals surface area contributed by atoms with E-state index in [4.69, 9.17) is 0 Å². The van der Waals surface area contributed by atoms with Crippen LogP contribution < -0.4 is 10.0 Å². The number of hydrogen-bond donors (Lipinski definition) is 2. The predicted octanol–water partition coefficient (Wildman–Crippen LogP) is 3.91. The lowest BCUT2D eigenvalue weighted by atomic mass is 10.1. The van der Waals surface area contributed by atoms with E-state index >= 15 is 0 Å². The first kappa shape index (κ1) is 21.0. The molecule has 0 atom stereocenters. The van der Waals surface area contributed by atoms with Gasteiger partial charge in [-0.2, -0.15) is 0 Å². The number of anilines is 2. The van der Waals surface area contributed by atoms with E-state index in [0.29, 0.717) is 16.9 Å². The third-order valence-electron chi connectivity index (χ3n) is 4.22. The number of carbonyl (C=O) groups is 1. The van der Waals surface area contributed by atoms with Crippen LogP contribution in [0.3, 0.4) is 0 Å². The van der Waals surface area contributed by atoms with Gasteiger partial charge in [0, 0.05) is 23.5 Å². The maximum atomic E-state index is 12.4. The molecule has 8 heteroatoms. The molecule has 3 aromatic rings. The standard InChI is InChI=1S/C21H23N3O3S2/c1-24(2)14-13-16-5-9-18(10-6-16)22-21(25)17-7-11-19(12-8-17)23-29(26,27)20-4-3-15-28-20/h3-12,15,23H,13-14H2,1-2H3,(H,22,25). The molecule has 2 N–H and O–H groups in total. The van der Waals surface area contributed by atoms with Gasteiger partial charge in [0.25, 0.3) is 15.9 Å². The Morgan fingerprint density at radius 2 is 1.62 bits per heavy atom. The molecule has 2 aromatic carbocycles. The first-order valence-corrected chi connectivity index (χ1v) is 11.4. The van der Waals surface area contributed by atoms with Gasteiger partial charge in [-0.1, -0.05) is 18.2 Å². The van der Waals surface area contributed by atoms with Crippen LogP contribution in [0, 0.1) is 0 Å². The molecule has 0 bridgehead atoms. The first-order chi connectivity index (χ1) is 13.8. The van der Waals surface area contributed by atoms with E-state index in [1.165, 1.54) is 5.56 Å². The summed E-state index contributed by atoms with van der Waals surface area (Å²) in [4.78, 5) is 14.6. The van der Waals surface area contributed by atoms with E-state index in [1.54, 1.807) is 41.8 Å². The Morgan fingerprint density at radius 3 is 2.21 bits per heavy atom. The summed E-state index contributed by atoms with van der Waals surface area (Å²) in [6, 6.07) is 17.3. The van der Waals surface area contributed by atoms with Gasteiger partial charge in [0.15, 0.2) is 0 Å². The second-order valence-corrected chi connectivity index (χ2v) is 9.68. The Labute approximate surface area is 175 Å². The van der Waals surface area contributed by atoms with Crippen LogP contribution in [0.4, 0.5) is 11.4 Å². The van der Waals surface area contributed by atoms with E-state index in [9.17, 15) is 13.2 Å². The van der Waals surface area contributed by atoms with Crippen LogP contribution in [0.2, 0.25) is 0 Å². The largest absolute Gasteiger partial charge is 0.322 e. The number of carbonyl (C=O) groups excluding carboxylic acids is 1. The van der Waals surface area contributed by atoms with Crippen LogP contribution in [-0.4, -0.2) is 39.9 Å². The normalized spacial score (nSPS) is 11.4. The second-order valence-electron chi connectivity index (χ2n) is 6.82. The molecular weight excluding hydrogens is 406 g/mol. The Bertz CT molecular complexity index is 1040. The molecule has 0 saturated heterocycles. The smallest absolute Gasteiger partial charge is 0.271 e. The van der Waals surface area contributed by atoms with Crippen molar-refractivity contribution in [2.45, 2.75) is 10.6 Å². The van der Waals surface area contributed by atoms with Crippen molar-refractivity contribution in [1.82, 2.24) is 4.90 Å². The quantitative estimate of drug-likeness (QED) is 0.569. The van der Waals surface area contributed by atoms with Crippen molar-refractivity contribution in [2.75, 3.05) is 30.7 Å². The molecule has 0 aliphatic rings. The van der Waals surface area contributed by atoms with Crippen LogP contribution >= 0.6 is 11.3 Å². The summed E-state index contributed by atoms with van der Waals surface area (Å²) < 4.78 is 27.3. The van der Waals surface area contributed by atoms with Crippen molar-refractivity contribution in [3.8, 4) is 0 Å². The van der Waals surface area contributed by atoms with Gasteiger partial charge < -0.3 is 10.2 Å². The number of hydrogen-bond acceptors (Lipinski definition) is 5. The van der Waals surface area contributed by atoms with E-state index in [2.05, 4.69) is 14.9 Å². The highest BCUT2D eigenvalue weighted by atomic mass is 32.2. The molecule has 152 valence electrons. The number of thiophene rings is 1. The second kappa shape index (κ2) is 9.21. The highest BCUT2D eigenvalue weighted by molar-refractivity contribution is 7.94. The van der Waals surface area contributed by atoms with Crippen LogP contribution in [0.15, 0.2) is 70.3 Å². The molecule has 6 nitrogen and oxygen atoms in total. The molecule has 0 spiro atoms. The summed E-state index contributed by atoms with van der Waals surface area (Å²) in [7, 11) is 0.468. The highest BCUT2D eigenvalue weighted by Crippen LogP contribution is 2.21. The number of rotatable bonds is 8. The molecule has 0 aliphatic heterocycles. The molecular formula is C21H23N3O3S2. The van der Waals surface area contributed by atoms with E-state index in [0.717, 1.165) is 24.3 Å². The van der Waals surface area contributed by atoms with Gasteiger partial charge >= 0.3 is 0 Å². The Hall–Kier alpha value is -2.68. The SMILES string of the molecule is CN(C)CCc1ccc(NC(=O)c2ccc(NS(=O)(=O)c3cccs3)cc2)cc1. The number of sulfonamides is 1. The summed E-state index contributed by atoms with van der Waals surface area (Å²) in [6.45, 7) is 0.967. The van der Waals surface area contributed by atoms with Crippen LogP contribution in [-0.2, 0) is 16.4 Å². The first-order valence-electron chi connectivity index (χ1n) is 9.05. The maximum absolute atomic E-state index is 12.4. The molecule has 1 aromatic heterocycles. The molecule has 29 heavy (non-hydrogen) atoms. The molecule has 0 aliphatic carbocycles. The lowest BCUT2D eigenvalue weighted by Crippen LogP contribution is -2.15. The molecule has 0 saturated carbocycles. The third kappa shape index (κ3) is 5.90. The van der Waals surface area contributed by atoms with Gasteiger partial charge in [0.1, 0.15) is 4.21 Å². The highest BCUT2D eigenvalue weighted by Gasteiger charge is 2.15. The van der Waals surface area contributed by atoms with Gasteiger partial charge in [0.2, 0.25) is 0 Å². The van der Waals surface area contributed by atoms with Gasteiger partial charge in [-0.15, -0.1) is 11.3 Å². The van der Waals surface area contributed by atoms with Gasteiger partial charge in [-0.25, -0.2) is 8.42 Å². The molecule has 0 unspecified atom stereocenters. The van der Waals surface area contributed by atoms with E-state index in [1.807, 2.05) is 38.4 Å². The Kier molecular flexibility index (Phi) is 6.68. The van der Waals surface area contributed by atoms with Crippen LogP contribution in [0.5, 0.6) is 0 Å². The molecule has 0 radical (unpaired) electrons. The lowest BCUT2D eigenvalue weighted by Gasteiger charge is -2.10. The van der Waals surface area contributed by atoms with Gasteiger partial charge in [-0.3, -0.25) is 9.52 Å². The molecule has 1 heterocycles. The fraction of sp³-hybridized carbons (Fsp3) is 0.190. The van der Waals surface area contributed by atoms with Gasteiger partial charge in [0.05, 0.1) is 0 Å². The Balaban J connectivity index is 1.60. The number of nitrogens with zero attached hydrogens (tertiary/aromatic N) is 1. The lowest BCUT2D eigenvalue weighted by molar-refractivity contribution is 0.102. The zero-order valence-electron chi connectivity index (χ0n) is 16.3. The fourth-order valence-corrected chi connectivity index (χ4v) is 4.67. The zero-order valence-corrected chi connectivity index (χ0v) is 17.9. The number of amides is 1. The maximum Gasteiger partial charge on any atom is 0.271 e. The van der Waals surface area contributed by atoms with Crippen molar-refractivity contribution in [3.63, 3.8) is 0 Å². The Morgan fingerprint density at radius 1 is 0.966 bits per heavy atom. The predicted molar refractivity (Wildman–Crippen MR) is 118 cm³/mol. The average Bonchev–Trinajstić information content (AvgIpc) is 3.23. The fourth-order valence-electron chi connectivity index (χ4n) is 2.62. The van der Waals surface area contributed by atoms with Crippen molar-refractivity contribution in [3.05, 3.63) is 77.2 Å². The summed E-state index contributed by atoms with van der Waals surface area (Å²) in [5.41, 5.74) is 2.77. The van der Waals surface area contributed by atoms with E-state index in [-0.39, 0.29) is 10.1 Å². The zero-order chi connectivity index (χ0) is 20.9. The van der Waals surface area contributed by atoms with Gasteiger partial charge in [-0.05, 0) is 73.9 Å². The minimum Gasteiger partial charge on any atom is -0.322 e. The van der Waals surface area contributed by atoms with Crippen LogP contribution in [0.1, 0.15) is 15.9 Å². The number of benzene rings is 2. The molecule has 1 amide bonds. The van der Waals surface area contributed by atoms with Crippen LogP contribution in [0.25, 0.3) is 0 Å². The topological polar surface area (TPSA) is 78.5 Å². The molecule has 0 fully saturated rings. The van der Waals surface area contributed by atoms with Crippen molar-refractivity contribution < 1.29 is 13.2 Å². The summed E-state index contributed by atoms with van der Waals surface area (Å²) >= 11 is 1.15. The number of nitrogens with one attached hydrogen (secondary N) is 2. The molecule has 3 rings (SSSR count). The average molecular weight is 430 g/mol.